The molecular formula is C19H28ClN3O5S. The van der Waals surface area contributed by atoms with Crippen LogP contribution in [0.2, 0.25) is 5.02 Å². The summed E-state index contributed by atoms with van der Waals surface area (Å²) >= 11 is 6.19. The number of hydrogen-bond acceptors (Lipinski definition) is 5. The van der Waals surface area contributed by atoms with Gasteiger partial charge in [-0.1, -0.05) is 24.6 Å². The van der Waals surface area contributed by atoms with Gasteiger partial charge in [-0.3, -0.25) is 9.10 Å². The lowest BCUT2D eigenvalue weighted by atomic mass is 10.1. The number of benzene rings is 1. The number of nitrogens with zero attached hydrogens (tertiary/aromatic N) is 3. The molecule has 0 radical (unpaired) electrons. The van der Waals surface area contributed by atoms with Crippen molar-refractivity contribution in [2.24, 2.45) is 0 Å². The maximum Gasteiger partial charge on any atom is 0.409 e. The molecule has 162 valence electrons. The first-order valence-corrected chi connectivity index (χ1v) is 11.8. The lowest BCUT2D eigenvalue weighted by molar-refractivity contribution is -0.134. The Morgan fingerprint density at radius 1 is 1.17 bits per heavy atom. The van der Waals surface area contributed by atoms with Crippen LogP contribution in [0.25, 0.3) is 0 Å². The van der Waals surface area contributed by atoms with E-state index >= 15 is 0 Å². The predicted molar refractivity (Wildman–Crippen MR) is 113 cm³/mol. The smallest absolute Gasteiger partial charge is 0.409 e. The SMILES string of the molecule is CCOC(=O)N1CCN(C(=O)C(CC)N(c2ccc(C)c(Cl)c2)S(C)(=O)=O)CC1. The number of ether oxygens (including phenoxy) is 1. The van der Waals surface area contributed by atoms with Crippen molar-refractivity contribution in [2.75, 3.05) is 43.3 Å². The number of carbonyl (C=O) groups is 2. The highest BCUT2D eigenvalue weighted by molar-refractivity contribution is 7.92. The number of halogens is 1. The monoisotopic (exact) mass is 445 g/mol. The van der Waals surface area contributed by atoms with Crippen molar-refractivity contribution in [2.45, 2.75) is 33.2 Å². The molecule has 8 nitrogen and oxygen atoms in total. The van der Waals surface area contributed by atoms with Crippen LogP contribution < -0.4 is 4.31 Å². The second-order valence-electron chi connectivity index (χ2n) is 6.93. The van der Waals surface area contributed by atoms with Gasteiger partial charge in [-0.15, -0.1) is 0 Å². The summed E-state index contributed by atoms with van der Waals surface area (Å²) < 4.78 is 31.3. The van der Waals surface area contributed by atoms with Gasteiger partial charge in [-0.2, -0.15) is 0 Å². The third-order valence-electron chi connectivity index (χ3n) is 4.84. The second-order valence-corrected chi connectivity index (χ2v) is 9.19. The largest absolute Gasteiger partial charge is 0.450 e. The van der Waals surface area contributed by atoms with Gasteiger partial charge in [0.1, 0.15) is 6.04 Å². The molecule has 0 N–H and O–H groups in total. The maximum atomic E-state index is 13.2. The summed E-state index contributed by atoms with van der Waals surface area (Å²) in [4.78, 5) is 28.2. The van der Waals surface area contributed by atoms with Crippen LogP contribution in [0.4, 0.5) is 10.5 Å². The standard InChI is InChI=1S/C19H28ClN3O5S/c1-5-17(18(24)21-9-11-22(12-10-21)19(25)28-6-2)23(29(4,26)27)15-8-7-14(3)16(20)13-15/h7-8,13,17H,5-6,9-12H2,1-4H3. The topological polar surface area (TPSA) is 87.2 Å². The number of carbonyl (C=O) groups excluding carboxylic acids is 2. The van der Waals surface area contributed by atoms with Gasteiger partial charge in [0.05, 0.1) is 18.6 Å². The Kier molecular flexibility index (Phi) is 7.76. The quantitative estimate of drug-likeness (QED) is 0.671. The Labute approximate surface area is 177 Å². The van der Waals surface area contributed by atoms with E-state index in [1.165, 1.54) is 0 Å². The first kappa shape index (κ1) is 23.3. The Morgan fingerprint density at radius 2 is 1.76 bits per heavy atom. The van der Waals surface area contributed by atoms with E-state index in [2.05, 4.69) is 0 Å². The lowest BCUT2D eigenvalue weighted by Crippen LogP contribution is -2.56. The third-order valence-corrected chi connectivity index (χ3v) is 6.43. The molecule has 1 saturated heterocycles. The van der Waals surface area contributed by atoms with Crippen molar-refractivity contribution >= 4 is 39.3 Å². The Bertz CT molecular complexity index is 853. The van der Waals surface area contributed by atoms with Crippen LogP contribution in [0.5, 0.6) is 0 Å². The van der Waals surface area contributed by atoms with E-state index < -0.39 is 22.2 Å². The first-order valence-electron chi connectivity index (χ1n) is 9.56. The molecule has 1 unspecified atom stereocenters. The normalized spacial score (nSPS) is 15.8. The Morgan fingerprint density at radius 3 is 2.24 bits per heavy atom. The summed E-state index contributed by atoms with van der Waals surface area (Å²) in [5, 5.41) is 0.432. The highest BCUT2D eigenvalue weighted by Crippen LogP contribution is 2.28. The molecule has 2 rings (SSSR count). The van der Waals surface area contributed by atoms with Crippen molar-refractivity contribution in [1.29, 1.82) is 0 Å². The van der Waals surface area contributed by atoms with E-state index in [0.29, 0.717) is 43.3 Å². The molecule has 10 heteroatoms. The molecular weight excluding hydrogens is 418 g/mol. The van der Waals surface area contributed by atoms with Crippen LogP contribution in [0.3, 0.4) is 0 Å². The van der Waals surface area contributed by atoms with Crippen LogP contribution in [-0.4, -0.2) is 75.3 Å². The number of amides is 2. The van der Waals surface area contributed by atoms with Crippen molar-refractivity contribution in [1.82, 2.24) is 9.80 Å². The van der Waals surface area contributed by atoms with Gasteiger partial charge in [0.15, 0.2) is 0 Å². The highest BCUT2D eigenvalue weighted by atomic mass is 35.5. The average Bonchev–Trinajstić information content (AvgIpc) is 2.67. The van der Waals surface area contributed by atoms with Gasteiger partial charge in [-0.05, 0) is 38.0 Å². The summed E-state index contributed by atoms with van der Waals surface area (Å²) in [6.45, 7) is 6.94. The summed E-state index contributed by atoms with van der Waals surface area (Å²) in [5.41, 5.74) is 1.17. The van der Waals surface area contributed by atoms with Gasteiger partial charge in [0, 0.05) is 31.2 Å². The molecule has 0 bridgehead atoms. The van der Waals surface area contributed by atoms with Gasteiger partial charge in [0.2, 0.25) is 15.9 Å². The van der Waals surface area contributed by atoms with Crippen molar-refractivity contribution < 1.29 is 22.7 Å². The zero-order valence-electron chi connectivity index (χ0n) is 17.2. The molecule has 1 aromatic rings. The molecule has 1 heterocycles. The summed E-state index contributed by atoms with van der Waals surface area (Å²) in [6, 6.07) is 4.05. The molecule has 2 amide bonds. The second kappa shape index (κ2) is 9.67. The fraction of sp³-hybridized carbons (Fsp3) is 0.579. The number of anilines is 1. The van der Waals surface area contributed by atoms with Crippen molar-refractivity contribution in [3.05, 3.63) is 28.8 Å². The van der Waals surface area contributed by atoms with Crippen LogP contribution in [0.15, 0.2) is 18.2 Å². The molecule has 1 aromatic carbocycles. The minimum Gasteiger partial charge on any atom is -0.450 e. The number of rotatable bonds is 6. The average molecular weight is 446 g/mol. The number of piperazine rings is 1. The van der Waals surface area contributed by atoms with Crippen LogP contribution in [0.1, 0.15) is 25.8 Å². The molecule has 0 aliphatic carbocycles. The van der Waals surface area contributed by atoms with Crippen LogP contribution in [-0.2, 0) is 19.6 Å². The van der Waals surface area contributed by atoms with Crippen LogP contribution >= 0.6 is 11.6 Å². The van der Waals surface area contributed by atoms with Gasteiger partial charge in [-0.25, -0.2) is 13.2 Å². The fourth-order valence-electron chi connectivity index (χ4n) is 3.30. The summed E-state index contributed by atoms with van der Waals surface area (Å²) in [7, 11) is -3.73. The molecule has 1 fully saturated rings. The zero-order valence-corrected chi connectivity index (χ0v) is 18.8. The van der Waals surface area contributed by atoms with Gasteiger partial charge < -0.3 is 14.5 Å². The molecule has 0 saturated carbocycles. The van der Waals surface area contributed by atoms with E-state index in [4.69, 9.17) is 16.3 Å². The molecule has 29 heavy (non-hydrogen) atoms. The Hall–Kier alpha value is -2.00. The van der Waals surface area contributed by atoms with E-state index in [1.54, 1.807) is 41.8 Å². The fourth-order valence-corrected chi connectivity index (χ4v) is 4.67. The minimum atomic E-state index is -3.73. The van der Waals surface area contributed by atoms with Gasteiger partial charge >= 0.3 is 6.09 Å². The molecule has 1 atom stereocenters. The summed E-state index contributed by atoms with van der Waals surface area (Å²) in [5.74, 6) is -0.293. The summed E-state index contributed by atoms with van der Waals surface area (Å²) in [6.07, 6.45) is 0.976. The highest BCUT2D eigenvalue weighted by Gasteiger charge is 2.36. The number of sulfonamides is 1. The van der Waals surface area contributed by atoms with Crippen molar-refractivity contribution in [3.8, 4) is 0 Å². The Balaban J connectivity index is 2.23. The molecule has 0 aromatic heterocycles. The zero-order chi connectivity index (χ0) is 21.8. The van der Waals surface area contributed by atoms with E-state index in [0.717, 1.165) is 16.1 Å². The van der Waals surface area contributed by atoms with Crippen molar-refractivity contribution in [3.63, 3.8) is 0 Å². The lowest BCUT2D eigenvalue weighted by Gasteiger charge is -2.38. The number of aryl methyl sites for hydroxylation is 1. The molecule has 1 aliphatic rings. The minimum absolute atomic E-state index is 0.290. The van der Waals surface area contributed by atoms with Crippen LogP contribution in [0, 0.1) is 6.92 Å². The molecule has 0 spiro atoms. The van der Waals surface area contributed by atoms with E-state index in [9.17, 15) is 18.0 Å². The maximum absolute atomic E-state index is 13.2. The first-order chi connectivity index (χ1) is 13.6. The number of hydrogen-bond donors (Lipinski definition) is 0. The predicted octanol–water partition coefficient (Wildman–Crippen LogP) is 2.49. The van der Waals surface area contributed by atoms with E-state index in [-0.39, 0.29) is 12.5 Å². The molecule has 1 aliphatic heterocycles. The third kappa shape index (κ3) is 5.54. The van der Waals surface area contributed by atoms with Gasteiger partial charge in [0.25, 0.3) is 0 Å². The van der Waals surface area contributed by atoms with E-state index in [1.807, 2.05) is 6.92 Å².